The zero-order valence-electron chi connectivity index (χ0n) is 19.9. The molecule has 1 saturated heterocycles. The van der Waals surface area contributed by atoms with Gasteiger partial charge in [-0.2, -0.15) is 0 Å². The number of hydrogen-bond acceptors (Lipinski definition) is 7. The molecule has 2 aliphatic rings. The topological polar surface area (TPSA) is 103 Å². The Morgan fingerprint density at radius 1 is 1.11 bits per heavy atom. The Morgan fingerprint density at radius 2 is 1.94 bits per heavy atom. The van der Waals surface area contributed by atoms with Crippen molar-refractivity contribution in [2.24, 2.45) is 0 Å². The number of aliphatic hydroxyl groups excluding tert-OH is 1. The van der Waals surface area contributed by atoms with Crippen LogP contribution in [0.1, 0.15) is 30.5 Å². The average molecular weight is 490 g/mol. The smallest absolute Gasteiger partial charge is 0.295 e. The van der Waals surface area contributed by atoms with Gasteiger partial charge in [0.05, 0.1) is 24.5 Å². The van der Waals surface area contributed by atoms with Crippen LogP contribution in [0.4, 0.5) is 0 Å². The summed E-state index contributed by atoms with van der Waals surface area (Å²) < 4.78 is 18.8. The molecule has 9 nitrogen and oxygen atoms in total. The van der Waals surface area contributed by atoms with Crippen molar-refractivity contribution in [3.05, 3.63) is 77.9 Å². The van der Waals surface area contributed by atoms with Crippen molar-refractivity contribution in [1.82, 2.24) is 14.5 Å². The number of carbonyl (C=O) groups is 2. The quantitative estimate of drug-likeness (QED) is 0.293. The second-order valence-electron chi connectivity index (χ2n) is 8.51. The Balaban J connectivity index is 1.54. The van der Waals surface area contributed by atoms with Crippen molar-refractivity contribution in [1.29, 1.82) is 0 Å². The van der Waals surface area contributed by atoms with E-state index < -0.39 is 17.7 Å². The van der Waals surface area contributed by atoms with Gasteiger partial charge in [0.15, 0.2) is 11.5 Å². The fourth-order valence-electron chi connectivity index (χ4n) is 4.59. The molecule has 0 spiro atoms. The molecule has 0 aliphatic carbocycles. The Labute approximate surface area is 208 Å². The number of rotatable bonds is 8. The number of imidazole rings is 1. The highest BCUT2D eigenvalue weighted by molar-refractivity contribution is 6.46. The lowest BCUT2D eigenvalue weighted by molar-refractivity contribution is -0.139. The number of carbonyl (C=O) groups excluding carboxylic acids is 2. The molecule has 3 aromatic rings. The molecule has 1 N–H and O–H groups in total. The van der Waals surface area contributed by atoms with Gasteiger partial charge in [0.25, 0.3) is 11.7 Å². The second kappa shape index (κ2) is 10.2. The van der Waals surface area contributed by atoms with Gasteiger partial charge in [-0.05, 0) is 49.2 Å². The zero-order chi connectivity index (χ0) is 25.1. The first-order valence-corrected chi connectivity index (χ1v) is 11.9. The summed E-state index contributed by atoms with van der Waals surface area (Å²) in [4.78, 5) is 32.1. The number of nitrogens with zero attached hydrogens (tertiary/aromatic N) is 3. The number of aliphatic hydroxyl groups is 1. The standard InChI is InChI=1S/C27H27N3O6/c1-2-34-20-6-3-5-18(15-20)24-23(25(31)19-7-8-21-22(16-19)36-14-13-35-21)26(32)27(33)30(24)11-4-10-29-12-9-28-17-29/h3,5-9,12,15-17,24,31H,2,4,10-11,13-14H2,1H3. The fraction of sp³-hybridized carbons (Fsp3) is 0.296. The van der Waals surface area contributed by atoms with Crippen molar-refractivity contribution >= 4 is 17.4 Å². The molecule has 0 bridgehead atoms. The predicted molar refractivity (Wildman–Crippen MR) is 131 cm³/mol. The Kier molecular flexibility index (Phi) is 6.62. The van der Waals surface area contributed by atoms with Crippen LogP contribution in [0.15, 0.2) is 66.8 Å². The summed E-state index contributed by atoms with van der Waals surface area (Å²) in [6.45, 7) is 4.16. The first kappa shape index (κ1) is 23.5. The van der Waals surface area contributed by atoms with Gasteiger partial charge in [0.2, 0.25) is 0 Å². The molecule has 36 heavy (non-hydrogen) atoms. The van der Waals surface area contributed by atoms with Crippen LogP contribution in [0.5, 0.6) is 17.2 Å². The minimum absolute atomic E-state index is 0.0351. The summed E-state index contributed by atoms with van der Waals surface area (Å²) in [5, 5.41) is 11.3. The highest BCUT2D eigenvalue weighted by Crippen LogP contribution is 2.41. The van der Waals surface area contributed by atoms with Gasteiger partial charge in [-0.3, -0.25) is 9.59 Å². The van der Waals surface area contributed by atoms with Gasteiger partial charge < -0.3 is 28.8 Å². The molecule has 1 fully saturated rings. The minimum Gasteiger partial charge on any atom is -0.507 e. The van der Waals surface area contributed by atoms with E-state index in [-0.39, 0.29) is 11.3 Å². The van der Waals surface area contributed by atoms with Crippen molar-refractivity contribution in [3.8, 4) is 17.2 Å². The third-order valence-corrected chi connectivity index (χ3v) is 6.21. The van der Waals surface area contributed by atoms with Crippen LogP contribution >= 0.6 is 0 Å². The lowest BCUT2D eigenvalue weighted by Crippen LogP contribution is -2.31. The number of likely N-dealkylation sites (tertiary alicyclic amines) is 1. The van der Waals surface area contributed by atoms with Crippen LogP contribution in [0.3, 0.4) is 0 Å². The molecular weight excluding hydrogens is 462 g/mol. The lowest BCUT2D eigenvalue weighted by atomic mass is 9.95. The van der Waals surface area contributed by atoms with E-state index in [0.29, 0.717) is 67.7 Å². The molecule has 1 unspecified atom stereocenters. The minimum atomic E-state index is -0.763. The van der Waals surface area contributed by atoms with Crippen LogP contribution in [-0.4, -0.2) is 57.6 Å². The van der Waals surface area contributed by atoms with E-state index >= 15 is 0 Å². The number of aryl methyl sites for hydroxylation is 1. The van der Waals surface area contributed by atoms with Crippen LogP contribution in [0, 0.1) is 0 Å². The molecule has 0 radical (unpaired) electrons. The van der Waals surface area contributed by atoms with Crippen molar-refractivity contribution in [2.75, 3.05) is 26.4 Å². The average Bonchev–Trinajstić information content (AvgIpc) is 3.51. The number of ketones is 1. The molecule has 2 aromatic carbocycles. The number of Topliss-reactive ketones (excluding diaryl/α,β-unsaturated/α-hetero) is 1. The molecule has 5 rings (SSSR count). The monoisotopic (exact) mass is 489 g/mol. The molecule has 1 amide bonds. The summed E-state index contributed by atoms with van der Waals surface area (Å²) in [6, 6.07) is 11.5. The van der Waals surface area contributed by atoms with Crippen LogP contribution in [-0.2, 0) is 16.1 Å². The third kappa shape index (κ3) is 4.51. The summed E-state index contributed by atoms with van der Waals surface area (Å²) in [5.41, 5.74) is 1.09. The Bertz CT molecular complexity index is 1300. The van der Waals surface area contributed by atoms with Crippen LogP contribution < -0.4 is 14.2 Å². The maximum atomic E-state index is 13.3. The van der Waals surface area contributed by atoms with Crippen molar-refractivity contribution < 1.29 is 28.9 Å². The molecule has 0 saturated carbocycles. The highest BCUT2D eigenvalue weighted by Gasteiger charge is 2.46. The Hall–Kier alpha value is -4.27. The maximum absolute atomic E-state index is 13.3. The molecule has 3 heterocycles. The summed E-state index contributed by atoms with van der Waals surface area (Å²) >= 11 is 0. The number of aromatic nitrogens is 2. The van der Waals surface area contributed by atoms with E-state index in [0.717, 1.165) is 0 Å². The van der Waals surface area contributed by atoms with E-state index in [1.807, 2.05) is 35.9 Å². The molecule has 1 aromatic heterocycles. The van der Waals surface area contributed by atoms with E-state index in [1.165, 1.54) is 4.90 Å². The van der Waals surface area contributed by atoms with E-state index in [1.54, 1.807) is 36.8 Å². The van der Waals surface area contributed by atoms with Gasteiger partial charge in [-0.15, -0.1) is 0 Å². The molecule has 9 heteroatoms. The predicted octanol–water partition coefficient (Wildman–Crippen LogP) is 3.57. The van der Waals surface area contributed by atoms with Crippen LogP contribution in [0.25, 0.3) is 5.76 Å². The first-order chi connectivity index (χ1) is 17.6. The number of hydrogen-bond donors (Lipinski definition) is 1. The van der Waals surface area contributed by atoms with Crippen molar-refractivity contribution in [2.45, 2.75) is 25.9 Å². The van der Waals surface area contributed by atoms with E-state index in [9.17, 15) is 14.7 Å². The van der Waals surface area contributed by atoms with Crippen LogP contribution in [0.2, 0.25) is 0 Å². The van der Waals surface area contributed by atoms with Gasteiger partial charge in [-0.25, -0.2) is 4.98 Å². The van der Waals surface area contributed by atoms with Gasteiger partial charge in [-0.1, -0.05) is 12.1 Å². The summed E-state index contributed by atoms with van der Waals surface area (Å²) in [5.74, 6) is 0.0458. The number of amides is 1. The SMILES string of the molecule is CCOc1cccc(C2C(=C(O)c3ccc4c(c3)OCCO4)C(=O)C(=O)N2CCCn2ccnc2)c1. The lowest BCUT2D eigenvalue weighted by Gasteiger charge is -2.26. The Morgan fingerprint density at radius 3 is 2.72 bits per heavy atom. The van der Waals surface area contributed by atoms with Gasteiger partial charge in [0, 0.05) is 31.0 Å². The second-order valence-corrected chi connectivity index (χ2v) is 8.51. The third-order valence-electron chi connectivity index (χ3n) is 6.21. The van der Waals surface area contributed by atoms with E-state index in [2.05, 4.69) is 4.98 Å². The summed E-state index contributed by atoms with van der Waals surface area (Å²) in [6.07, 6.45) is 5.85. The summed E-state index contributed by atoms with van der Waals surface area (Å²) in [7, 11) is 0. The molecule has 2 aliphatic heterocycles. The molecule has 186 valence electrons. The van der Waals surface area contributed by atoms with Gasteiger partial charge in [0.1, 0.15) is 24.7 Å². The largest absolute Gasteiger partial charge is 0.507 e. The van der Waals surface area contributed by atoms with Gasteiger partial charge >= 0.3 is 0 Å². The normalized spacial score (nSPS) is 18.5. The van der Waals surface area contributed by atoms with Crippen molar-refractivity contribution in [3.63, 3.8) is 0 Å². The number of fused-ring (bicyclic) bond motifs is 1. The fourth-order valence-corrected chi connectivity index (χ4v) is 4.59. The maximum Gasteiger partial charge on any atom is 0.295 e. The number of ether oxygens (including phenoxy) is 3. The molecule has 1 atom stereocenters. The number of benzene rings is 2. The zero-order valence-corrected chi connectivity index (χ0v) is 19.9. The van der Waals surface area contributed by atoms with E-state index in [4.69, 9.17) is 14.2 Å². The molecular formula is C27H27N3O6. The highest BCUT2D eigenvalue weighted by atomic mass is 16.6. The first-order valence-electron chi connectivity index (χ1n) is 11.9.